The van der Waals surface area contributed by atoms with Gasteiger partial charge in [-0.05, 0) is 55.5 Å². The van der Waals surface area contributed by atoms with E-state index in [1.807, 2.05) is 43.3 Å². The Labute approximate surface area is 215 Å². The fourth-order valence-corrected chi connectivity index (χ4v) is 3.25. The van der Waals surface area contributed by atoms with E-state index in [9.17, 15) is 4.79 Å². The first-order valence-corrected chi connectivity index (χ1v) is 11.2. The minimum atomic E-state index is -0.00119. The number of carbonyl (C=O) groups excluding carboxylic acids is 1. The molecule has 7 nitrogen and oxygen atoms in total. The highest BCUT2D eigenvalue weighted by atomic mass is 127. The van der Waals surface area contributed by atoms with Gasteiger partial charge in [-0.3, -0.25) is 4.79 Å². The first-order valence-electron chi connectivity index (χ1n) is 11.2. The molecule has 1 aromatic heterocycles. The Hall–Kier alpha value is -2.36. The van der Waals surface area contributed by atoms with Gasteiger partial charge in [-0.2, -0.15) is 0 Å². The third-order valence-electron chi connectivity index (χ3n) is 4.76. The zero-order valence-electron chi connectivity index (χ0n) is 20.6. The number of amides is 1. The van der Waals surface area contributed by atoms with Crippen LogP contribution in [0, 0.1) is 5.92 Å². The number of nitrogens with one attached hydrogen (secondary N) is 2. The SMILES string of the molecule is CCNC(=NCc1ccnc(OC(C)CC(C)C)c1)NCc1ccc(C(=O)N(C)C)cc1.I. The summed E-state index contributed by atoms with van der Waals surface area (Å²) in [5.41, 5.74) is 2.79. The molecule has 0 bridgehead atoms. The molecule has 1 atom stereocenters. The Morgan fingerprint density at radius 1 is 1.09 bits per heavy atom. The van der Waals surface area contributed by atoms with Gasteiger partial charge in [-0.1, -0.05) is 26.0 Å². The molecule has 2 aromatic rings. The monoisotopic (exact) mass is 567 g/mol. The summed E-state index contributed by atoms with van der Waals surface area (Å²) in [5.74, 6) is 1.94. The smallest absolute Gasteiger partial charge is 0.253 e. The highest BCUT2D eigenvalue weighted by Crippen LogP contribution is 2.15. The van der Waals surface area contributed by atoms with E-state index in [4.69, 9.17) is 4.74 Å². The number of hydrogen-bond acceptors (Lipinski definition) is 4. The van der Waals surface area contributed by atoms with Crippen molar-refractivity contribution in [3.05, 3.63) is 59.3 Å². The normalized spacial score (nSPS) is 12.0. The Bertz CT molecular complexity index is 885. The number of nitrogens with zero attached hydrogens (tertiary/aromatic N) is 3. The zero-order valence-corrected chi connectivity index (χ0v) is 22.9. The summed E-state index contributed by atoms with van der Waals surface area (Å²) in [5, 5.41) is 6.61. The van der Waals surface area contributed by atoms with E-state index < -0.39 is 0 Å². The summed E-state index contributed by atoms with van der Waals surface area (Å²) < 4.78 is 5.95. The number of aromatic nitrogens is 1. The van der Waals surface area contributed by atoms with Crippen molar-refractivity contribution in [3.63, 3.8) is 0 Å². The molecule has 2 N–H and O–H groups in total. The third kappa shape index (κ3) is 10.4. The number of guanidine groups is 1. The van der Waals surface area contributed by atoms with Crippen molar-refractivity contribution >= 4 is 35.8 Å². The van der Waals surface area contributed by atoms with Crippen LogP contribution in [0.3, 0.4) is 0 Å². The predicted octanol–water partition coefficient (Wildman–Crippen LogP) is 4.47. The van der Waals surface area contributed by atoms with Crippen LogP contribution in [0.1, 0.15) is 55.6 Å². The van der Waals surface area contributed by atoms with Gasteiger partial charge < -0.3 is 20.3 Å². The number of pyridine rings is 1. The van der Waals surface area contributed by atoms with Crippen molar-refractivity contribution in [1.82, 2.24) is 20.5 Å². The molecular weight excluding hydrogens is 529 g/mol. The average molecular weight is 568 g/mol. The van der Waals surface area contributed by atoms with Crippen LogP contribution >= 0.6 is 24.0 Å². The standard InChI is InChI=1S/C25H37N5O2.HI/c1-7-26-25(28-16-20-8-10-22(11-9-20)24(31)30(5)6)29-17-21-12-13-27-23(15-21)32-19(4)14-18(2)3;/h8-13,15,18-19H,7,14,16-17H2,1-6H3,(H2,26,28,29);1H. The van der Waals surface area contributed by atoms with Crippen LogP contribution in [0.4, 0.5) is 0 Å². The lowest BCUT2D eigenvalue weighted by Gasteiger charge is -2.16. The lowest BCUT2D eigenvalue weighted by Crippen LogP contribution is -2.36. The molecule has 0 aliphatic carbocycles. The van der Waals surface area contributed by atoms with Crippen molar-refractivity contribution in [3.8, 4) is 5.88 Å². The minimum absolute atomic E-state index is 0. The van der Waals surface area contributed by atoms with E-state index in [1.165, 1.54) is 0 Å². The number of hydrogen-bond donors (Lipinski definition) is 2. The fourth-order valence-electron chi connectivity index (χ4n) is 3.25. The van der Waals surface area contributed by atoms with Gasteiger partial charge >= 0.3 is 0 Å². The second-order valence-corrected chi connectivity index (χ2v) is 8.51. The number of rotatable bonds is 10. The maximum absolute atomic E-state index is 12.0. The van der Waals surface area contributed by atoms with Gasteiger partial charge in [-0.25, -0.2) is 9.98 Å². The molecule has 0 spiro atoms. The van der Waals surface area contributed by atoms with E-state index in [1.54, 1.807) is 25.2 Å². The number of aliphatic imine (C=N–C) groups is 1. The predicted molar refractivity (Wildman–Crippen MR) is 145 cm³/mol. The molecule has 1 unspecified atom stereocenters. The molecule has 182 valence electrons. The van der Waals surface area contributed by atoms with Crippen molar-refractivity contribution in [2.24, 2.45) is 10.9 Å². The van der Waals surface area contributed by atoms with Crippen LogP contribution < -0.4 is 15.4 Å². The van der Waals surface area contributed by atoms with Crippen LogP contribution in [0.25, 0.3) is 0 Å². The zero-order chi connectivity index (χ0) is 23.5. The molecule has 0 fully saturated rings. The van der Waals surface area contributed by atoms with Gasteiger partial charge in [0.25, 0.3) is 5.91 Å². The van der Waals surface area contributed by atoms with Crippen LogP contribution in [0.15, 0.2) is 47.6 Å². The number of halogens is 1. The molecule has 0 radical (unpaired) electrons. The van der Waals surface area contributed by atoms with Gasteiger partial charge in [0, 0.05) is 45.0 Å². The lowest BCUT2D eigenvalue weighted by molar-refractivity contribution is 0.0827. The molecule has 0 aliphatic heterocycles. The highest BCUT2D eigenvalue weighted by molar-refractivity contribution is 14.0. The van der Waals surface area contributed by atoms with E-state index >= 15 is 0 Å². The minimum Gasteiger partial charge on any atom is -0.475 e. The number of ether oxygens (including phenoxy) is 1. The quantitative estimate of drug-likeness (QED) is 0.252. The Morgan fingerprint density at radius 2 is 1.79 bits per heavy atom. The molecule has 1 heterocycles. The summed E-state index contributed by atoms with van der Waals surface area (Å²) in [7, 11) is 3.50. The van der Waals surface area contributed by atoms with E-state index in [0.29, 0.717) is 30.5 Å². The molecular formula is C25H38IN5O2. The highest BCUT2D eigenvalue weighted by Gasteiger charge is 2.09. The molecule has 2 rings (SSSR count). The average Bonchev–Trinajstić information content (AvgIpc) is 2.75. The van der Waals surface area contributed by atoms with E-state index in [2.05, 4.69) is 41.4 Å². The fraction of sp³-hybridized carbons (Fsp3) is 0.480. The van der Waals surface area contributed by atoms with Crippen molar-refractivity contribution in [2.75, 3.05) is 20.6 Å². The summed E-state index contributed by atoms with van der Waals surface area (Å²) in [6.45, 7) is 10.4. The van der Waals surface area contributed by atoms with Gasteiger partial charge in [0.1, 0.15) is 0 Å². The molecule has 33 heavy (non-hydrogen) atoms. The number of carbonyl (C=O) groups is 1. The first-order chi connectivity index (χ1) is 15.3. The number of benzene rings is 1. The summed E-state index contributed by atoms with van der Waals surface area (Å²) in [6.07, 6.45) is 2.88. The topological polar surface area (TPSA) is 78.9 Å². The van der Waals surface area contributed by atoms with Crippen molar-refractivity contribution < 1.29 is 9.53 Å². The maximum atomic E-state index is 12.0. The first kappa shape index (κ1) is 28.7. The third-order valence-corrected chi connectivity index (χ3v) is 4.76. The van der Waals surface area contributed by atoms with Crippen LogP contribution in [-0.4, -0.2) is 48.5 Å². The van der Waals surface area contributed by atoms with Crippen molar-refractivity contribution in [1.29, 1.82) is 0 Å². The van der Waals surface area contributed by atoms with E-state index in [0.717, 1.165) is 30.1 Å². The maximum Gasteiger partial charge on any atom is 0.253 e. The van der Waals surface area contributed by atoms with Gasteiger partial charge in [0.15, 0.2) is 5.96 Å². The Kier molecular flexibility index (Phi) is 12.8. The summed E-state index contributed by atoms with van der Waals surface area (Å²) >= 11 is 0. The summed E-state index contributed by atoms with van der Waals surface area (Å²) in [4.78, 5) is 22.6. The molecule has 8 heteroatoms. The van der Waals surface area contributed by atoms with Crippen LogP contribution in [0.5, 0.6) is 5.88 Å². The lowest BCUT2D eigenvalue weighted by atomic mass is 10.1. The van der Waals surface area contributed by atoms with E-state index in [-0.39, 0.29) is 36.0 Å². The van der Waals surface area contributed by atoms with Crippen LogP contribution in [0.2, 0.25) is 0 Å². The molecule has 0 saturated heterocycles. The molecule has 0 aliphatic rings. The van der Waals surface area contributed by atoms with Crippen LogP contribution in [-0.2, 0) is 13.1 Å². The Morgan fingerprint density at radius 3 is 2.39 bits per heavy atom. The second kappa shape index (κ2) is 14.7. The molecule has 1 aromatic carbocycles. The summed E-state index contributed by atoms with van der Waals surface area (Å²) in [6, 6.07) is 11.5. The van der Waals surface area contributed by atoms with Gasteiger partial charge in [0.05, 0.1) is 12.6 Å². The van der Waals surface area contributed by atoms with Crippen molar-refractivity contribution in [2.45, 2.75) is 53.3 Å². The Balaban J connectivity index is 0.00000544. The molecule has 1 amide bonds. The van der Waals surface area contributed by atoms with Gasteiger partial charge in [-0.15, -0.1) is 24.0 Å². The van der Waals surface area contributed by atoms with Gasteiger partial charge in [0.2, 0.25) is 5.88 Å². The molecule has 0 saturated carbocycles. The largest absolute Gasteiger partial charge is 0.475 e. The second-order valence-electron chi connectivity index (χ2n) is 8.51.